The number of halogens is 2. The summed E-state index contributed by atoms with van der Waals surface area (Å²) in [4.78, 5) is 11.1. The Labute approximate surface area is 114 Å². The van der Waals surface area contributed by atoms with Crippen molar-refractivity contribution < 1.29 is 22.3 Å². The van der Waals surface area contributed by atoms with Crippen molar-refractivity contribution in [3.8, 4) is 0 Å². The van der Waals surface area contributed by atoms with Gasteiger partial charge in [0.25, 0.3) is 15.0 Å². The summed E-state index contributed by atoms with van der Waals surface area (Å²) in [5.41, 5.74) is 0.155. The second-order valence-corrected chi connectivity index (χ2v) is 6.61. The Morgan fingerprint density at radius 1 is 1.47 bits per heavy atom. The molecule has 1 N–H and O–H groups in total. The molecule has 1 aliphatic heterocycles. The zero-order chi connectivity index (χ0) is 14.0. The van der Waals surface area contributed by atoms with E-state index in [1.54, 1.807) is 0 Å². The van der Waals surface area contributed by atoms with Crippen LogP contribution in [0.4, 0.5) is 10.1 Å². The average molecular weight is 308 g/mol. The van der Waals surface area contributed by atoms with Crippen molar-refractivity contribution >= 4 is 31.3 Å². The summed E-state index contributed by atoms with van der Waals surface area (Å²) in [7, 11) is 0.916. The Morgan fingerprint density at radius 3 is 2.74 bits per heavy atom. The molecule has 19 heavy (non-hydrogen) atoms. The maximum atomic E-state index is 13.5. The van der Waals surface area contributed by atoms with Gasteiger partial charge in [-0.25, -0.2) is 12.8 Å². The first-order valence-corrected chi connectivity index (χ1v) is 7.85. The minimum absolute atomic E-state index is 0.155. The lowest BCUT2D eigenvalue weighted by molar-refractivity contribution is -0.124. The molecule has 1 fully saturated rings. The van der Waals surface area contributed by atoms with Gasteiger partial charge in [-0.1, -0.05) is 0 Å². The lowest BCUT2D eigenvalue weighted by atomic mass is 10.2. The van der Waals surface area contributed by atoms with Gasteiger partial charge >= 0.3 is 0 Å². The van der Waals surface area contributed by atoms with E-state index in [0.717, 1.165) is 18.6 Å². The van der Waals surface area contributed by atoms with E-state index in [1.165, 1.54) is 6.07 Å². The number of ether oxygens (including phenoxy) is 1. The molecule has 1 aliphatic rings. The number of carbonyl (C=O) groups is 1. The molecule has 0 bridgehead atoms. The fourth-order valence-electron chi connectivity index (χ4n) is 1.78. The van der Waals surface area contributed by atoms with Gasteiger partial charge in [0, 0.05) is 23.0 Å². The largest absolute Gasteiger partial charge is 0.368 e. The lowest BCUT2D eigenvalue weighted by Gasteiger charge is -2.10. The van der Waals surface area contributed by atoms with Gasteiger partial charge in [0.2, 0.25) is 0 Å². The molecule has 0 saturated carbocycles. The van der Waals surface area contributed by atoms with Gasteiger partial charge in [-0.15, -0.1) is 0 Å². The van der Waals surface area contributed by atoms with Crippen LogP contribution in [-0.2, 0) is 18.6 Å². The van der Waals surface area contributed by atoms with Crippen LogP contribution in [0.3, 0.4) is 0 Å². The van der Waals surface area contributed by atoms with Crippen molar-refractivity contribution in [2.24, 2.45) is 0 Å². The highest BCUT2D eigenvalue weighted by Gasteiger charge is 2.24. The maximum Gasteiger partial charge on any atom is 0.264 e. The van der Waals surface area contributed by atoms with E-state index in [0.29, 0.717) is 13.0 Å². The Hall–Kier alpha value is -1.18. The van der Waals surface area contributed by atoms with E-state index in [9.17, 15) is 17.6 Å². The second kappa shape index (κ2) is 5.44. The normalized spacial score (nSPS) is 19.4. The van der Waals surface area contributed by atoms with Crippen LogP contribution in [0.15, 0.2) is 23.1 Å². The minimum atomic E-state index is -4.13. The molecule has 2 rings (SSSR count). The molecule has 1 aromatic carbocycles. The minimum Gasteiger partial charge on any atom is -0.368 e. The predicted octanol–water partition coefficient (Wildman–Crippen LogP) is 1.87. The third-order valence-electron chi connectivity index (χ3n) is 2.68. The fourth-order valence-corrected chi connectivity index (χ4v) is 2.68. The highest BCUT2D eigenvalue weighted by molar-refractivity contribution is 8.13. The summed E-state index contributed by atoms with van der Waals surface area (Å²) >= 11 is 0. The van der Waals surface area contributed by atoms with Crippen LogP contribution >= 0.6 is 10.7 Å². The fraction of sp³-hybridized carbons (Fsp3) is 0.364. The zero-order valence-corrected chi connectivity index (χ0v) is 11.3. The molecule has 8 heteroatoms. The van der Waals surface area contributed by atoms with Crippen molar-refractivity contribution in [3.63, 3.8) is 0 Å². The highest BCUT2D eigenvalue weighted by atomic mass is 35.7. The molecular weight excluding hydrogens is 297 g/mol. The zero-order valence-electron chi connectivity index (χ0n) is 9.73. The summed E-state index contributed by atoms with van der Waals surface area (Å²) < 4.78 is 40.7. The van der Waals surface area contributed by atoms with Gasteiger partial charge in [-0.2, -0.15) is 0 Å². The van der Waals surface area contributed by atoms with E-state index in [1.807, 2.05) is 0 Å². The number of nitrogens with one attached hydrogen (secondary N) is 1. The molecule has 1 aromatic rings. The summed E-state index contributed by atoms with van der Waals surface area (Å²) in [6, 6.07) is 3.18. The molecule has 0 aliphatic carbocycles. The molecular formula is C11H11ClFNO4S. The quantitative estimate of drug-likeness (QED) is 0.865. The summed E-state index contributed by atoms with van der Waals surface area (Å²) in [6.45, 7) is 0.524. The van der Waals surface area contributed by atoms with E-state index in [-0.39, 0.29) is 11.6 Å². The van der Waals surface area contributed by atoms with Gasteiger partial charge in [-0.05, 0) is 31.0 Å². The standard InChI is InChI=1S/C11H11ClFNO4S/c12-19(16,17)10-4-3-7(6-8(10)13)14-11(15)9-2-1-5-18-9/h3-4,6,9H,1-2,5H2,(H,14,15). The van der Waals surface area contributed by atoms with Crippen molar-refractivity contribution in [3.05, 3.63) is 24.0 Å². The van der Waals surface area contributed by atoms with Gasteiger partial charge in [0.15, 0.2) is 0 Å². The van der Waals surface area contributed by atoms with Gasteiger partial charge in [0.1, 0.15) is 16.8 Å². The van der Waals surface area contributed by atoms with Gasteiger partial charge in [0.05, 0.1) is 0 Å². The van der Waals surface area contributed by atoms with Crippen LogP contribution in [0.1, 0.15) is 12.8 Å². The lowest BCUT2D eigenvalue weighted by Crippen LogP contribution is -2.26. The van der Waals surface area contributed by atoms with E-state index < -0.39 is 25.9 Å². The average Bonchev–Trinajstić information content (AvgIpc) is 2.80. The molecule has 1 amide bonds. The second-order valence-electron chi connectivity index (χ2n) is 4.07. The topological polar surface area (TPSA) is 72.5 Å². The SMILES string of the molecule is O=C(Nc1ccc(S(=O)(=O)Cl)c(F)c1)C1CCCO1. The maximum absolute atomic E-state index is 13.5. The van der Waals surface area contributed by atoms with E-state index in [2.05, 4.69) is 5.32 Å². The Kier molecular flexibility index (Phi) is 4.07. The van der Waals surface area contributed by atoms with Gasteiger partial charge < -0.3 is 10.1 Å². The highest BCUT2D eigenvalue weighted by Crippen LogP contribution is 2.23. The molecule has 0 spiro atoms. The summed E-state index contributed by atoms with van der Waals surface area (Å²) in [6.07, 6.45) is 0.873. The van der Waals surface area contributed by atoms with Crippen LogP contribution in [-0.4, -0.2) is 27.0 Å². The molecule has 1 atom stereocenters. The monoisotopic (exact) mass is 307 g/mol. The third kappa shape index (κ3) is 3.43. The smallest absolute Gasteiger partial charge is 0.264 e. The number of hydrogen-bond donors (Lipinski definition) is 1. The van der Waals surface area contributed by atoms with Crippen LogP contribution in [0.25, 0.3) is 0 Å². The third-order valence-corrected chi connectivity index (χ3v) is 4.04. The van der Waals surface area contributed by atoms with Gasteiger partial charge in [-0.3, -0.25) is 4.79 Å². The molecule has 104 valence electrons. The van der Waals surface area contributed by atoms with Crippen LogP contribution in [0.5, 0.6) is 0 Å². The molecule has 1 unspecified atom stereocenters. The van der Waals surface area contributed by atoms with Crippen LogP contribution in [0, 0.1) is 5.82 Å². The van der Waals surface area contributed by atoms with Crippen LogP contribution < -0.4 is 5.32 Å². The van der Waals surface area contributed by atoms with Crippen molar-refractivity contribution in [1.82, 2.24) is 0 Å². The molecule has 0 radical (unpaired) electrons. The number of anilines is 1. The van der Waals surface area contributed by atoms with E-state index >= 15 is 0 Å². The first-order chi connectivity index (χ1) is 8.88. The molecule has 1 heterocycles. The first-order valence-electron chi connectivity index (χ1n) is 5.54. The van der Waals surface area contributed by atoms with Crippen molar-refractivity contribution in [2.75, 3.05) is 11.9 Å². The molecule has 1 saturated heterocycles. The molecule has 5 nitrogen and oxygen atoms in total. The number of benzene rings is 1. The molecule has 0 aromatic heterocycles. The Morgan fingerprint density at radius 2 is 2.21 bits per heavy atom. The van der Waals surface area contributed by atoms with Crippen molar-refractivity contribution in [2.45, 2.75) is 23.8 Å². The number of hydrogen-bond acceptors (Lipinski definition) is 4. The number of amides is 1. The predicted molar refractivity (Wildman–Crippen MR) is 67.0 cm³/mol. The van der Waals surface area contributed by atoms with Crippen molar-refractivity contribution in [1.29, 1.82) is 0 Å². The van der Waals surface area contributed by atoms with E-state index in [4.69, 9.17) is 15.4 Å². The number of carbonyl (C=O) groups excluding carboxylic acids is 1. The Bertz CT molecular complexity index is 599. The summed E-state index contributed by atoms with van der Waals surface area (Å²) in [5.74, 6) is -1.39. The van der Waals surface area contributed by atoms with Crippen LogP contribution in [0.2, 0.25) is 0 Å². The Balaban J connectivity index is 2.14. The summed E-state index contributed by atoms with van der Waals surface area (Å²) in [5, 5.41) is 2.46. The number of rotatable bonds is 3. The first kappa shape index (κ1) is 14.2.